The van der Waals surface area contributed by atoms with Gasteiger partial charge in [-0.15, -0.1) is 0 Å². The Bertz CT molecular complexity index is 691. The lowest BCUT2D eigenvalue weighted by molar-refractivity contribution is -0.133. The summed E-state index contributed by atoms with van der Waals surface area (Å²) in [4.78, 5) is 40.4. The maximum absolute atomic E-state index is 12.7. The van der Waals surface area contributed by atoms with E-state index in [1.54, 1.807) is 4.90 Å². The van der Waals surface area contributed by atoms with Crippen molar-refractivity contribution in [3.05, 3.63) is 35.4 Å². The van der Waals surface area contributed by atoms with Gasteiger partial charge in [-0.2, -0.15) is 0 Å². The van der Waals surface area contributed by atoms with Crippen LogP contribution in [-0.2, 0) is 4.79 Å². The molecule has 2 heterocycles. The number of nitrogens with one attached hydrogen (secondary N) is 1. The maximum Gasteiger partial charge on any atom is 0.325 e. The van der Waals surface area contributed by atoms with E-state index in [1.165, 1.54) is 4.90 Å². The molecule has 0 saturated carbocycles. The fourth-order valence-corrected chi connectivity index (χ4v) is 3.50. The van der Waals surface area contributed by atoms with Crippen molar-refractivity contribution in [1.82, 2.24) is 15.1 Å². The van der Waals surface area contributed by atoms with Crippen LogP contribution in [0.15, 0.2) is 24.3 Å². The Morgan fingerprint density at radius 2 is 1.88 bits per heavy atom. The first kappa shape index (κ1) is 16.5. The third-order valence-electron chi connectivity index (χ3n) is 4.88. The second-order valence-corrected chi connectivity index (χ2v) is 6.94. The molecule has 3 rings (SSSR count). The quantitative estimate of drug-likeness (QED) is 0.843. The number of urea groups is 1. The molecule has 1 N–H and O–H groups in total. The molecular weight excluding hydrogens is 306 g/mol. The van der Waals surface area contributed by atoms with E-state index < -0.39 is 5.54 Å². The average Bonchev–Trinajstić information content (AvgIpc) is 2.78. The van der Waals surface area contributed by atoms with Crippen molar-refractivity contribution in [3.63, 3.8) is 0 Å². The molecule has 2 fully saturated rings. The summed E-state index contributed by atoms with van der Waals surface area (Å²) in [5.74, 6) is -0.184. The van der Waals surface area contributed by atoms with Gasteiger partial charge in [0.1, 0.15) is 5.54 Å². The number of benzene rings is 1. The molecule has 0 radical (unpaired) electrons. The molecule has 6 nitrogen and oxygen atoms in total. The summed E-state index contributed by atoms with van der Waals surface area (Å²) in [7, 11) is 0. The summed E-state index contributed by atoms with van der Waals surface area (Å²) in [6, 6.07) is 7.01. The number of nitrogens with zero attached hydrogens (tertiary/aromatic N) is 2. The standard InChI is InChI=1S/C18H23N3O3/c1-12(2)21-16(23)18(19-17(21)24)7-9-20(10-8-18)15(22)14-6-4-5-13(3)11-14/h4-6,11-12H,7-10H2,1-3H3,(H,19,24). The topological polar surface area (TPSA) is 69.7 Å². The number of likely N-dealkylation sites (tertiary alicyclic amines) is 1. The summed E-state index contributed by atoms with van der Waals surface area (Å²) in [5.41, 5.74) is 0.863. The van der Waals surface area contributed by atoms with Crippen LogP contribution >= 0.6 is 0 Å². The molecule has 2 saturated heterocycles. The van der Waals surface area contributed by atoms with Gasteiger partial charge in [0, 0.05) is 24.7 Å². The highest BCUT2D eigenvalue weighted by Gasteiger charge is 2.53. The number of hydrogen-bond donors (Lipinski definition) is 1. The highest BCUT2D eigenvalue weighted by atomic mass is 16.2. The molecule has 0 aromatic heterocycles. The molecule has 4 amide bonds. The Kier molecular flexibility index (Phi) is 4.07. The van der Waals surface area contributed by atoms with E-state index in [0.29, 0.717) is 31.5 Å². The molecule has 0 bridgehead atoms. The van der Waals surface area contributed by atoms with Crippen molar-refractivity contribution in [2.24, 2.45) is 0 Å². The molecule has 128 valence electrons. The number of piperidine rings is 1. The highest BCUT2D eigenvalue weighted by Crippen LogP contribution is 2.31. The van der Waals surface area contributed by atoms with Crippen molar-refractivity contribution in [2.75, 3.05) is 13.1 Å². The molecule has 1 aromatic carbocycles. The molecule has 1 spiro atoms. The first-order valence-corrected chi connectivity index (χ1v) is 8.36. The lowest BCUT2D eigenvalue weighted by Gasteiger charge is -2.37. The molecule has 0 unspecified atom stereocenters. The summed E-state index contributed by atoms with van der Waals surface area (Å²) >= 11 is 0. The van der Waals surface area contributed by atoms with Crippen LogP contribution in [-0.4, -0.2) is 52.3 Å². The third-order valence-corrected chi connectivity index (χ3v) is 4.88. The van der Waals surface area contributed by atoms with Crippen LogP contribution in [0.3, 0.4) is 0 Å². The number of aryl methyl sites for hydroxylation is 1. The second-order valence-electron chi connectivity index (χ2n) is 6.94. The lowest BCUT2D eigenvalue weighted by atomic mass is 9.87. The van der Waals surface area contributed by atoms with Gasteiger partial charge in [-0.05, 0) is 45.7 Å². The fourth-order valence-electron chi connectivity index (χ4n) is 3.50. The van der Waals surface area contributed by atoms with Gasteiger partial charge >= 0.3 is 6.03 Å². The zero-order chi connectivity index (χ0) is 17.5. The van der Waals surface area contributed by atoms with Crippen molar-refractivity contribution in [1.29, 1.82) is 0 Å². The van der Waals surface area contributed by atoms with Gasteiger partial charge < -0.3 is 10.2 Å². The third kappa shape index (κ3) is 2.66. The molecule has 1 aromatic rings. The van der Waals surface area contributed by atoms with Crippen LogP contribution in [0.25, 0.3) is 0 Å². The Labute approximate surface area is 141 Å². The number of amides is 4. The van der Waals surface area contributed by atoms with Crippen molar-refractivity contribution >= 4 is 17.8 Å². The van der Waals surface area contributed by atoms with E-state index in [0.717, 1.165) is 5.56 Å². The minimum Gasteiger partial charge on any atom is -0.338 e. The Morgan fingerprint density at radius 3 is 2.42 bits per heavy atom. The normalized spacial score (nSPS) is 20.0. The first-order chi connectivity index (χ1) is 11.3. The van der Waals surface area contributed by atoms with Crippen LogP contribution in [0, 0.1) is 6.92 Å². The van der Waals surface area contributed by atoms with Crippen LogP contribution in [0.2, 0.25) is 0 Å². The van der Waals surface area contributed by atoms with Crippen LogP contribution in [0.5, 0.6) is 0 Å². The fraction of sp³-hybridized carbons (Fsp3) is 0.500. The van der Waals surface area contributed by atoms with Gasteiger partial charge in [0.15, 0.2) is 0 Å². The van der Waals surface area contributed by atoms with Gasteiger partial charge in [0.25, 0.3) is 11.8 Å². The van der Waals surface area contributed by atoms with Crippen molar-refractivity contribution in [2.45, 2.75) is 45.2 Å². The van der Waals surface area contributed by atoms with Crippen molar-refractivity contribution in [3.8, 4) is 0 Å². The SMILES string of the molecule is Cc1cccc(C(=O)N2CCC3(CC2)NC(=O)N(C(C)C)C3=O)c1. The van der Waals surface area contributed by atoms with Crippen LogP contribution < -0.4 is 5.32 Å². The molecule has 24 heavy (non-hydrogen) atoms. The lowest BCUT2D eigenvalue weighted by Crippen LogP contribution is -2.56. The van der Waals surface area contributed by atoms with Gasteiger partial charge in [0.05, 0.1) is 0 Å². The maximum atomic E-state index is 12.7. The summed E-state index contributed by atoms with van der Waals surface area (Å²) in [5, 5.41) is 2.86. The highest BCUT2D eigenvalue weighted by molar-refractivity contribution is 6.07. The molecule has 6 heteroatoms. The number of rotatable bonds is 2. The largest absolute Gasteiger partial charge is 0.338 e. The minimum atomic E-state index is -0.843. The average molecular weight is 329 g/mol. The van der Waals surface area contributed by atoms with Gasteiger partial charge in [-0.3, -0.25) is 14.5 Å². The van der Waals surface area contributed by atoms with Crippen LogP contribution in [0.1, 0.15) is 42.6 Å². The summed E-state index contributed by atoms with van der Waals surface area (Å²) in [6.45, 7) is 6.53. The van der Waals surface area contributed by atoms with Crippen molar-refractivity contribution < 1.29 is 14.4 Å². The van der Waals surface area contributed by atoms with E-state index in [2.05, 4.69) is 5.32 Å². The summed E-state index contributed by atoms with van der Waals surface area (Å²) < 4.78 is 0. The van der Waals surface area contributed by atoms with E-state index in [9.17, 15) is 14.4 Å². The predicted molar refractivity (Wildman–Crippen MR) is 89.6 cm³/mol. The Hall–Kier alpha value is -2.37. The van der Waals surface area contributed by atoms with Gasteiger partial charge in [-0.1, -0.05) is 17.7 Å². The predicted octanol–water partition coefficient (Wildman–Crippen LogP) is 1.93. The Morgan fingerprint density at radius 1 is 1.21 bits per heavy atom. The zero-order valence-electron chi connectivity index (χ0n) is 14.3. The summed E-state index contributed by atoms with van der Waals surface area (Å²) in [6.07, 6.45) is 0.913. The number of carbonyl (C=O) groups excluding carboxylic acids is 3. The van der Waals surface area contributed by atoms with Crippen LogP contribution in [0.4, 0.5) is 4.79 Å². The zero-order valence-corrected chi connectivity index (χ0v) is 14.3. The van der Waals surface area contributed by atoms with Gasteiger partial charge in [0.2, 0.25) is 0 Å². The van der Waals surface area contributed by atoms with E-state index >= 15 is 0 Å². The molecule has 2 aliphatic rings. The number of imide groups is 1. The monoisotopic (exact) mass is 329 g/mol. The molecule has 0 atom stereocenters. The van der Waals surface area contributed by atoms with E-state index in [1.807, 2.05) is 45.0 Å². The minimum absolute atomic E-state index is 0.0222. The van der Waals surface area contributed by atoms with E-state index in [-0.39, 0.29) is 23.9 Å². The second kappa shape index (κ2) is 5.92. The number of carbonyl (C=O) groups is 3. The number of hydrogen-bond acceptors (Lipinski definition) is 3. The van der Waals surface area contributed by atoms with Gasteiger partial charge in [-0.25, -0.2) is 4.79 Å². The molecule has 2 aliphatic heterocycles. The molecular formula is C18H23N3O3. The van der Waals surface area contributed by atoms with E-state index in [4.69, 9.17) is 0 Å². The Balaban J connectivity index is 1.71. The first-order valence-electron chi connectivity index (χ1n) is 8.36. The smallest absolute Gasteiger partial charge is 0.325 e. The molecule has 0 aliphatic carbocycles.